The van der Waals surface area contributed by atoms with E-state index in [0.29, 0.717) is 0 Å². The van der Waals surface area contributed by atoms with Crippen LogP contribution >= 0.6 is 7.82 Å². The number of hydrogen-bond donors (Lipinski definition) is 3. The molecule has 0 aromatic heterocycles. The Bertz CT molecular complexity index is 702. The van der Waals surface area contributed by atoms with Crippen LogP contribution in [0.2, 0.25) is 0 Å². The highest BCUT2D eigenvalue weighted by Crippen LogP contribution is 2.15. The van der Waals surface area contributed by atoms with Crippen LogP contribution in [0.3, 0.4) is 0 Å². The normalized spacial score (nSPS) is 11.4. The van der Waals surface area contributed by atoms with E-state index in [0.717, 1.165) is 0 Å². The molecule has 0 bridgehead atoms. The van der Waals surface area contributed by atoms with Crippen LogP contribution in [0.25, 0.3) is 0 Å². The molecule has 380 valence electrons. The second-order valence-corrected chi connectivity index (χ2v) is 21.0. The Morgan fingerprint density at radius 3 is 0.435 bits per heavy atom. The fourth-order valence-corrected chi connectivity index (χ4v) is 8.02. The summed E-state index contributed by atoms with van der Waals surface area (Å²) in [5, 5.41) is 0. The molecule has 0 saturated carbocycles. The van der Waals surface area contributed by atoms with Crippen LogP contribution in [0.1, 0.15) is 290 Å². The van der Waals surface area contributed by atoms with Crippen molar-refractivity contribution < 1.29 is 33.9 Å². The predicted octanol–water partition coefficient (Wildman–Crippen LogP) is 11.0. The van der Waals surface area contributed by atoms with Crippen LogP contribution in [0.15, 0.2) is 0 Å². The van der Waals surface area contributed by atoms with E-state index < -0.39 is 7.82 Å². The van der Waals surface area contributed by atoms with Gasteiger partial charge in [-0.25, -0.2) is 0 Å². The van der Waals surface area contributed by atoms with E-state index in [1.165, 1.54) is 289 Å². The number of hydrogen-bond acceptors (Lipinski definition) is 4. The number of unbranched alkanes of at least 4 members (excludes halogenated alkanes) is 39. The molecule has 0 radical (unpaired) electrons. The predicted molar refractivity (Wildman–Crippen MR) is 272 cm³/mol. The van der Waals surface area contributed by atoms with Gasteiger partial charge in [-0.15, -0.1) is 0 Å². The minimum absolute atomic E-state index is 1.35. The molecule has 0 heterocycles. The van der Waals surface area contributed by atoms with Gasteiger partial charge in [0.15, 0.2) is 0 Å². The SMILES string of the molecule is CCCCCCCCCCCCCCCC[NH+](C)C.CCCCCCCCCCCCCCCC[NH+](C)C.CCCCCCCCCCCCCCCC[NH+](C)C.O=P([O-])([O-])[O-]. The standard InChI is InChI=1S/3C18H39N.H3O4P/c3*1-4-5-6-7-8-9-10-11-12-13-14-15-16-17-18-19(2)3;1-5(2,3)4/h3*4-18H2,1-3H3;(H3,1,2,3,4). The molecular weight excluding hydrogens is 786 g/mol. The molecule has 0 rings (SSSR count). The molecule has 0 aliphatic carbocycles. The Hall–Kier alpha value is -0.0100. The first kappa shape index (κ1) is 68.6. The van der Waals surface area contributed by atoms with Gasteiger partial charge in [0.2, 0.25) is 0 Å². The molecule has 0 atom stereocenters. The molecule has 62 heavy (non-hydrogen) atoms. The van der Waals surface area contributed by atoms with E-state index in [1.54, 1.807) is 14.7 Å². The summed E-state index contributed by atoms with van der Waals surface area (Å²) in [7, 11) is 8.12. The Balaban J connectivity index is -0.000000385. The molecule has 0 amide bonds. The van der Waals surface area contributed by atoms with E-state index >= 15 is 0 Å². The van der Waals surface area contributed by atoms with Crippen LogP contribution in [0.4, 0.5) is 0 Å². The van der Waals surface area contributed by atoms with Crippen molar-refractivity contribution in [2.24, 2.45) is 0 Å². The average molecular weight is 907 g/mol. The second-order valence-electron chi connectivity index (χ2n) is 20.1. The third kappa shape index (κ3) is 90.6. The van der Waals surface area contributed by atoms with Gasteiger partial charge in [-0.1, -0.05) is 252 Å². The molecule has 0 saturated heterocycles. The number of rotatable bonds is 45. The lowest BCUT2D eigenvalue weighted by atomic mass is 10.0. The van der Waals surface area contributed by atoms with Gasteiger partial charge in [0, 0.05) is 0 Å². The summed E-state index contributed by atoms with van der Waals surface area (Å²) in [6.07, 6.45) is 61.3. The van der Waals surface area contributed by atoms with Gasteiger partial charge in [0.1, 0.15) is 0 Å². The summed E-state index contributed by atoms with van der Waals surface area (Å²) in [5.74, 6) is 0. The third-order valence-corrected chi connectivity index (χ3v) is 12.1. The molecule has 0 aromatic rings. The third-order valence-electron chi connectivity index (χ3n) is 12.1. The van der Waals surface area contributed by atoms with Gasteiger partial charge in [-0.3, -0.25) is 0 Å². The van der Waals surface area contributed by atoms with Crippen molar-refractivity contribution in [2.45, 2.75) is 290 Å². The van der Waals surface area contributed by atoms with Crippen molar-refractivity contribution in [2.75, 3.05) is 61.9 Å². The van der Waals surface area contributed by atoms with Crippen LogP contribution in [0, 0.1) is 0 Å². The molecule has 0 aromatic carbocycles. The van der Waals surface area contributed by atoms with Gasteiger partial charge < -0.3 is 33.9 Å². The van der Waals surface area contributed by atoms with Crippen molar-refractivity contribution in [3.05, 3.63) is 0 Å². The Labute approximate surface area is 392 Å². The largest absolute Gasteiger partial charge is 0.822 e. The summed E-state index contributed by atoms with van der Waals surface area (Å²) < 4.78 is 8.55. The highest BCUT2D eigenvalue weighted by molar-refractivity contribution is 7.40. The van der Waals surface area contributed by atoms with Crippen LogP contribution in [-0.2, 0) is 4.57 Å². The van der Waals surface area contributed by atoms with Crippen LogP contribution in [-0.4, -0.2) is 61.9 Å². The average Bonchev–Trinajstić information content (AvgIpc) is 3.21. The summed E-state index contributed by atoms with van der Waals surface area (Å²) >= 11 is 0. The zero-order valence-electron chi connectivity index (χ0n) is 44.4. The first-order chi connectivity index (χ1) is 29.8. The van der Waals surface area contributed by atoms with Gasteiger partial charge in [0.25, 0.3) is 0 Å². The van der Waals surface area contributed by atoms with Crippen molar-refractivity contribution in [3.63, 3.8) is 0 Å². The molecule has 7 nitrogen and oxygen atoms in total. The zero-order valence-corrected chi connectivity index (χ0v) is 45.3. The molecule has 0 aliphatic rings. The summed E-state index contributed by atoms with van der Waals surface area (Å²) in [6, 6.07) is 0. The van der Waals surface area contributed by atoms with E-state index in [2.05, 4.69) is 63.1 Å². The van der Waals surface area contributed by atoms with Crippen molar-refractivity contribution in [3.8, 4) is 0 Å². The topological polar surface area (TPSA) is 99.6 Å². The minimum atomic E-state index is -5.39. The quantitative estimate of drug-likeness (QED) is 0.0419. The van der Waals surface area contributed by atoms with Crippen LogP contribution < -0.4 is 29.4 Å². The zero-order chi connectivity index (χ0) is 47.1. The van der Waals surface area contributed by atoms with Gasteiger partial charge >= 0.3 is 0 Å². The Morgan fingerprint density at radius 1 is 0.242 bits per heavy atom. The molecular formula is C54H120N3O4P. The molecule has 8 heteroatoms. The Kier molecular flexibility index (Phi) is 67.5. The van der Waals surface area contributed by atoms with E-state index in [9.17, 15) is 0 Å². The summed E-state index contributed by atoms with van der Waals surface area (Å²) in [6.45, 7) is 10.9. The van der Waals surface area contributed by atoms with Gasteiger partial charge in [-0.2, -0.15) is 7.82 Å². The number of phosphoric acid groups is 1. The fraction of sp³-hybridized carbons (Fsp3) is 1.00. The second kappa shape index (κ2) is 61.0. The number of quaternary nitrogens is 3. The monoisotopic (exact) mass is 906 g/mol. The molecule has 0 unspecified atom stereocenters. The lowest BCUT2D eigenvalue weighted by Gasteiger charge is -2.36. The molecule has 0 fully saturated rings. The highest BCUT2D eigenvalue weighted by Gasteiger charge is 1.99. The van der Waals surface area contributed by atoms with Gasteiger partial charge in [0.05, 0.1) is 61.9 Å². The first-order valence-corrected chi connectivity index (χ1v) is 29.4. The molecule has 3 N–H and O–H groups in total. The van der Waals surface area contributed by atoms with E-state index in [-0.39, 0.29) is 0 Å². The first-order valence-electron chi connectivity index (χ1n) is 27.9. The number of nitrogens with one attached hydrogen (secondary N) is 3. The van der Waals surface area contributed by atoms with Crippen molar-refractivity contribution >= 4 is 7.82 Å². The van der Waals surface area contributed by atoms with E-state index in [4.69, 9.17) is 19.2 Å². The van der Waals surface area contributed by atoms with Crippen molar-refractivity contribution in [1.82, 2.24) is 0 Å². The lowest BCUT2D eigenvalue weighted by Crippen LogP contribution is -3.05. The van der Waals surface area contributed by atoms with Gasteiger partial charge in [-0.05, 0) is 38.5 Å². The lowest BCUT2D eigenvalue weighted by molar-refractivity contribution is -0.858. The smallest absolute Gasteiger partial charge is 0.0766 e. The highest BCUT2D eigenvalue weighted by atomic mass is 31.2. The Morgan fingerprint density at radius 2 is 0.339 bits per heavy atom. The van der Waals surface area contributed by atoms with E-state index in [1.807, 2.05) is 0 Å². The maximum Gasteiger partial charge on any atom is 0.0766 e. The molecule has 0 aliphatic heterocycles. The summed E-state index contributed by atoms with van der Waals surface area (Å²) in [4.78, 5) is 30.4. The maximum absolute atomic E-state index is 8.55. The van der Waals surface area contributed by atoms with Crippen LogP contribution in [0.5, 0.6) is 0 Å². The summed E-state index contributed by atoms with van der Waals surface area (Å²) in [5.41, 5.74) is 0. The van der Waals surface area contributed by atoms with Crippen molar-refractivity contribution in [1.29, 1.82) is 0 Å². The maximum atomic E-state index is 8.55. The molecule has 0 spiro atoms. The minimum Gasteiger partial charge on any atom is -0.822 e. The fourth-order valence-electron chi connectivity index (χ4n) is 8.02.